The van der Waals surface area contributed by atoms with Crippen LogP contribution in [0.15, 0.2) is 30.5 Å². The summed E-state index contributed by atoms with van der Waals surface area (Å²) in [6.45, 7) is 1.92. The highest BCUT2D eigenvalue weighted by atomic mass is 16.6. The molecule has 0 saturated carbocycles. The molecule has 7 heteroatoms. The first kappa shape index (κ1) is 13.7. The molecular weight excluding hydrogens is 260 g/mol. The zero-order valence-corrected chi connectivity index (χ0v) is 11.2. The zero-order chi connectivity index (χ0) is 14.7. The van der Waals surface area contributed by atoms with Crippen molar-refractivity contribution in [3.05, 3.63) is 57.4 Å². The van der Waals surface area contributed by atoms with Crippen LogP contribution in [-0.4, -0.2) is 20.6 Å². The van der Waals surface area contributed by atoms with Crippen LogP contribution in [0.25, 0.3) is 0 Å². The van der Waals surface area contributed by atoms with Crippen LogP contribution >= 0.6 is 0 Å². The van der Waals surface area contributed by atoms with Crippen molar-refractivity contribution in [2.75, 3.05) is 0 Å². The Kier molecular flexibility index (Phi) is 3.79. The summed E-state index contributed by atoms with van der Waals surface area (Å²) in [6, 6.07) is 6.09. The summed E-state index contributed by atoms with van der Waals surface area (Å²) in [4.78, 5) is 22.2. The Hall–Kier alpha value is -2.70. The van der Waals surface area contributed by atoms with Crippen LogP contribution in [0.4, 0.5) is 5.69 Å². The van der Waals surface area contributed by atoms with Gasteiger partial charge in [0.25, 0.3) is 11.6 Å². The van der Waals surface area contributed by atoms with E-state index in [1.165, 1.54) is 18.2 Å². The number of carbonyl (C=O) groups is 1. The minimum absolute atomic E-state index is 0.00581. The Bertz CT molecular complexity index is 663. The molecule has 2 rings (SSSR count). The number of hydrogen-bond donors (Lipinski definition) is 1. The van der Waals surface area contributed by atoms with E-state index in [0.717, 1.165) is 5.69 Å². The SMILES string of the molecule is Cc1cc(C(=O)NCc2ccn(C)n2)ccc1[N+](=O)[O-]. The fourth-order valence-corrected chi connectivity index (χ4v) is 1.83. The largest absolute Gasteiger partial charge is 0.346 e. The maximum atomic E-state index is 11.9. The van der Waals surface area contributed by atoms with Crippen molar-refractivity contribution in [2.24, 2.45) is 7.05 Å². The zero-order valence-electron chi connectivity index (χ0n) is 11.2. The number of nitrogens with one attached hydrogen (secondary N) is 1. The number of aryl methyl sites for hydroxylation is 2. The molecule has 0 spiro atoms. The second kappa shape index (κ2) is 5.52. The molecule has 1 aromatic carbocycles. The van der Waals surface area contributed by atoms with Crippen molar-refractivity contribution in [1.29, 1.82) is 0 Å². The second-order valence-electron chi connectivity index (χ2n) is 4.42. The lowest BCUT2D eigenvalue weighted by molar-refractivity contribution is -0.385. The summed E-state index contributed by atoms with van der Waals surface area (Å²) >= 11 is 0. The summed E-state index contributed by atoms with van der Waals surface area (Å²) in [5.74, 6) is -0.284. The van der Waals surface area contributed by atoms with Gasteiger partial charge >= 0.3 is 0 Å². The van der Waals surface area contributed by atoms with Crippen LogP contribution in [-0.2, 0) is 13.6 Å². The standard InChI is InChI=1S/C13H14N4O3/c1-9-7-10(3-4-12(9)17(19)20)13(18)14-8-11-5-6-16(2)15-11/h3-7H,8H2,1-2H3,(H,14,18). The predicted molar refractivity (Wildman–Crippen MR) is 72.2 cm³/mol. The topological polar surface area (TPSA) is 90.1 Å². The number of rotatable bonds is 4. The van der Waals surface area contributed by atoms with Gasteiger partial charge in [0.2, 0.25) is 0 Å². The first-order valence-corrected chi connectivity index (χ1v) is 5.99. The Labute approximate surface area is 115 Å². The summed E-state index contributed by atoms with van der Waals surface area (Å²) < 4.78 is 1.65. The van der Waals surface area contributed by atoms with E-state index in [1.54, 1.807) is 30.9 Å². The van der Waals surface area contributed by atoms with Gasteiger partial charge in [0.1, 0.15) is 0 Å². The molecule has 2 aromatic rings. The molecule has 0 unspecified atom stereocenters. The quantitative estimate of drug-likeness (QED) is 0.676. The number of amides is 1. The molecule has 1 aromatic heterocycles. The first-order chi connectivity index (χ1) is 9.47. The molecule has 1 amide bonds. The highest BCUT2D eigenvalue weighted by Crippen LogP contribution is 2.18. The van der Waals surface area contributed by atoms with Crippen molar-refractivity contribution in [2.45, 2.75) is 13.5 Å². The van der Waals surface area contributed by atoms with E-state index in [1.807, 2.05) is 0 Å². The van der Waals surface area contributed by atoms with Crippen LogP contribution < -0.4 is 5.32 Å². The third-order valence-corrected chi connectivity index (χ3v) is 2.85. The lowest BCUT2D eigenvalue weighted by atomic mass is 10.1. The summed E-state index contributed by atoms with van der Waals surface area (Å²) in [7, 11) is 1.80. The van der Waals surface area contributed by atoms with Gasteiger partial charge in [-0.25, -0.2) is 0 Å². The lowest BCUT2D eigenvalue weighted by Gasteiger charge is -2.04. The average molecular weight is 274 g/mol. The number of carbonyl (C=O) groups excluding carboxylic acids is 1. The predicted octanol–water partition coefficient (Wildman–Crippen LogP) is 1.57. The number of aromatic nitrogens is 2. The Balaban J connectivity index is 2.06. The molecular formula is C13H14N4O3. The van der Waals surface area contributed by atoms with Gasteiger partial charge in [0.05, 0.1) is 17.2 Å². The highest BCUT2D eigenvalue weighted by molar-refractivity contribution is 5.94. The molecule has 0 aliphatic heterocycles. The number of nitro benzene ring substituents is 1. The van der Waals surface area contributed by atoms with Gasteiger partial charge in [-0.15, -0.1) is 0 Å². The fraction of sp³-hybridized carbons (Fsp3) is 0.231. The fourth-order valence-electron chi connectivity index (χ4n) is 1.83. The van der Waals surface area contributed by atoms with E-state index >= 15 is 0 Å². The smallest absolute Gasteiger partial charge is 0.272 e. The van der Waals surface area contributed by atoms with Gasteiger partial charge in [-0.3, -0.25) is 19.6 Å². The maximum absolute atomic E-state index is 11.9. The molecule has 104 valence electrons. The minimum Gasteiger partial charge on any atom is -0.346 e. The molecule has 1 heterocycles. The molecule has 0 atom stereocenters. The highest BCUT2D eigenvalue weighted by Gasteiger charge is 2.13. The van der Waals surface area contributed by atoms with E-state index in [-0.39, 0.29) is 11.6 Å². The number of benzene rings is 1. The van der Waals surface area contributed by atoms with Crippen molar-refractivity contribution < 1.29 is 9.72 Å². The first-order valence-electron chi connectivity index (χ1n) is 5.99. The molecule has 0 fully saturated rings. The van der Waals surface area contributed by atoms with E-state index in [4.69, 9.17) is 0 Å². The van der Waals surface area contributed by atoms with Gasteiger partial charge in [-0.2, -0.15) is 5.10 Å². The van der Waals surface area contributed by atoms with Gasteiger partial charge in [-0.05, 0) is 25.1 Å². The number of hydrogen-bond acceptors (Lipinski definition) is 4. The Morgan fingerprint density at radius 1 is 1.45 bits per heavy atom. The van der Waals surface area contributed by atoms with Crippen LogP contribution in [0.5, 0.6) is 0 Å². The van der Waals surface area contributed by atoms with Crippen molar-refractivity contribution in [3.8, 4) is 0 Å². The maximum Gasteiger partial charge on any atom is 0.272 e. The van der Waals surface area contributed by atoms with Crippen molar-refractivity contribution >= 4 is 11.6 Å². The number of nitrogens with zero attached hydrogens (tertiary/aromatic N) is 3. The van der Waals surface area contributed by atoms with Crippen molar-refractivity contribution in [1.82, 2.24) is 15.1 Å². The molecule has 0 bridgehead atoms. The average Bonchev–Trinajstić information content (AvgIpc) is 2.81. The molecule has 1 N–H and O–H groups in total. The second-order valence-corrected chi connectivity index (χ2v) is 4.42. The molecule has 0 aliphatic rings. The number of nitro groups is 1. The molecule has 0 saturated heterocycles. The van der Waals surface area contributed by atoms with Crippen LogP contribution in [0, 0.1) is 17.0 Å². The van der Waals surface area contributed by atoms with Gasteiger partial charge < -0.3 is 5.32 Å². The lowest BCUT2D eigenvalue weighted by Crippen LogP contribution is -2.23. The normalized spacial score (nSPS) is 10.3. The third-order valence-electron chi connectivity index (χ3n) is 2.85. The Morgan fingerprint density at radius 3 is 2.75 bits per heavy atom. The van der Waals surface area contributed by atoms with E-state index < -0.39 is 4.92 Å². The van der Waals surface area contributed by atoms with Gasteiger partial charge in [0.15, 0.2) is 0 Å². The van der Waals surface area contributed by atoms with Crippen LogP contribution in [0.3, 0.4) is 0 Å². The van der Waals surface area contributed by atoms with E-state index in [0.29, 0.717) is 17.7 Å². The summed E-state index contributed by atoms with van der Waals surface area (Å²) in [5.41, 5.74) is 1.61. The minimum atomic E-state index is -0.467. The molecule has 20 heavy (non-hydrogen) atoms. The molecule has 0 aliphatic carbocycles. The third kappa shape index (κ3) is 3.00. The summed E-state index contributed by atoms with van der Waals surface area (Å²) in [5, 5.41) is 17.6. The van der Waals surface area contributed by atoms with Gasteiger partial charge in [0, 0.05) is 30.4 Å². The monoisotopic (exact) mass is 274 g/mol. The summed E-state index contributed by atoms with van der Waals surface area (Å²) in [6.07, 6.45) is 1.79. The van der Waals surface area contributed by atoms with Crippen LogP contribution in [0.2, 0.25) is 0 Å². The molecule has 7 nitrogen and oxygen atoms in total. The van der Waals surface area contributed by atoms with E-state index in [9.17, 15) is 14.9 Å². The van der Waals surface area contributed by atoms with Crippen LogP contribution in [0.1, 0.15) is 21.6 Å². The molecule has 0 radical (unpaired) electrons. The van der Waals surface area contributed by atoms with Crippen molar-refractivity contribution in [3.63, 3.8) is 0 Å². The van der Waals surface area contributed by atoms with E-state index in [2.05, 4.69) is 10.4 Å². The van der Waals surface area contributed by atoms with Gasteiger partial charge in [-0.1, -0.05) is 0 Å². The Morgan fingerprint density at radius 2 is 2.20 bits per heavy atom.